The molecule has 0 unspecified atom stereocenters. The maximum absolute atomic E-state index is 5.28. The third-order valence-electron chi connectivity index (χ3n) is 1.22. The second kappa shape index (κ2) is 5.05. The van der Waals surface area contributed by atoms with Crippen molar-refractivity contribution < 1.29 is 4.74 Å². The number of ether oxygens (including phenoxy) is 1. The van der Waals surface area contributed by atoms with Gasteiger partial charge in [0.15, 0.2) is 0 Å². The first-order chi connectivity index (χ1) is 5.79. The summed E-state index contributed by atoms with van der Waals surface area (Å²) in [4.78, 5) is 3.89. The standard InChI is InChI=1S/C7H13N3OS/c1-6(2)8-3-4-11-7-9-5-10-12-7/h5-6,8H,3-4H2,1-2H3. The summed E-state index contributed by atoms with van der Waals surface area (Å²) in [6.45, 7) is 5.69. The van der Waals surface area contributed by atoms with Crippen LogP contribution in [-0.2, 0) is 0 Å². The van der Waals surface area contributed by atoms with Gasteiger partial charge in [-0.2, -0.15) is 9.36 Å². The van der Waals surface area contributed by atoms with Gasteiger partial charge >= 0.3 is 0 Å². The van der Waals surface area contributed by atoms with Crippen LogP contribution in [0.2, 0.25) is 0 Å². The fourth-order valence-corrected chi connectivity index (χ4v) is 1.13. The summed E-state index contributed by atoms with van der Waals surface area (Å²) in [5.74, 6) is 0. The van der Waals surface area contributed by atoms with Gasteiger partial charge in [0.2, 0.25) is 0 Å². The predicted octanol–water partition coefficient (Wildman–Crippen LogP) is 0.915. The summed E-state index contributed by atoms with van der Waals surface area (Å²) in [6, 6.07) is 0.503. The van der Waals surface area contributed by atoms with E-state index in [-0.39, 0.29) is 0 Å². The van der Waals surface area contributed by atoms with Crippen molar-refractivity contribution in [3.63, 3.8) is 0 Å². The Kier molecular flexibility index (Phi) is 3.96. The van der Waals surface area contributed by atoms with Crippen molar-refractivity contribution in [3.8, 4) is 5.19 Å². The average Bonchev–Trinajstić information content (AvgIpc) is 2.49. The van der Waals surface area contributed by atoms with Crippen molar-refractivity contribution in [1.29, 1.82) is 0 Å². The van der Waals surface area contributed by atoms with Crippen LogP contribution in [0.4, 0.5) is 0 Å². The molecule has 0 amide bonds. The second-order valence-electron chi connectivity index (χ2n) is 2.66. The number of nitrogens with zero attached hydrogens (tertiary/aromatic N) is 2. The first kappa shape index (κ1) is 9.41. The molecule has 68 valence electrons. The molecule has 0 aromatic carbocycles. The summed E-state index contributed by atoms with van der Waals surface area (Å²) < 4.78 is 9.10. The normalized spacial score (nSPS) is 10.6. The molecule has 1 heterocycles. The first-order valence-electron chi connectivity index (χ1n) is 3.92. The number of aromatic nitrogens is 2. The van der Waals surface area contributed by atoms with Gasteiger partial charge in [0, 0.05) is 24.1 Å². The zero-order valence-corrected chi connectivity index (χ0v) is 8.10. The van der Waals surface area contributed by atoms with Crippen LogP contribution in [0.15, 0.2) is 6.33 Å². The Hall–Kier alpha value is -0.680. The van der Waals surface area contributed by atoms with Crippen molar-refractivity contribution in [2.45, 2.75) is 19.9 Å². The quantitative estimate of drug-likeness (QED) is 0.696. The van der Waals surface area contributed by atoms with Gasteiger partial charge in [-0.1, -0.05) is 13.8 Å². The second-order valence-corrected chi connectivity index (χ2v) is 3.41. The molecule has 0 spiro atoms. The van der Waals surface area contributed by atoms with E-state index in [1.807, 2.05) is 0 Å². The van der Waals surface area contributed by atoms with Crippen LogP contribution < -0.4 is 10.1 Å². The Labute approximate surface area is 76.1 Å². The van der Waals surface area contributed by atoms with Crippen LogP contribution in [0.5, 0.6) is 5.19 Å². The Morgan fingerprint density at radius 2 is 2.50 bits per heavy atom. The highest BCUT2D eigenvalue weighted by Crippen LogP contribution is 2.08. The highest BCUT2D eigenvalue weighted by molar-refractivity contribution is 7.07. The van der Waals surface area contributed by atoms with Gasteiger partial charge in [-0.15, -0.1) is 0 Å². The molecule has 1 rings (SSSR count). The van der Waals surface area contributed by atoms with Crippen LogP contribution in [0.1, 0.15) is 13.8 Å². The SMILES string of the molecule is CC(C)NCCOc1ncns1. The molecule has 1 N–H and O–H groups in total. The topological polar surface area (TPSA) is 47.0 Å². The molecule has 0 radical (unpaired) electrons. The number of nitrogens with one attached hydrogen (secondary N) is 1. The lowest BCUT2D eigenvalue weighted by atomic mass is 10.4. The van der Waals surface area contributed by atoms with Crippen molar-refractivity contribution in [2.75, 3.05) is 13.2 Å². The van der Waals surface area contributed by atoms with Crippen molar-refractivity contribution in [3.05, 3.63) is 6.33 Å². The Morgan fingerprint density at radius 1 is 1.67 bits per heavy atom. The van der Waals surface area contributed by atoms with E-state index in [0.717, 1.165) is 6.54 Å². The van der Waals surface area contributed by atoms with Gasteiger partial charge < -0.3 is 10.1 Å². The molecular formula is C7H13N3OS. The van der Waals surface area contributed by atoms with Gasteiger partial charge in [0.05, 0.1) is 0 Å². The van der Waals surface area contributed by atoms with Crippen LogP contribution >= 0.6 is 11.5 Å². The molecule has 0 aliphatic rings. The highest BCUT2D eigenvalue weighted by Gasteiger charge is 1.96. The molecule has 0 aliphatic carbocycles. The van der Waals surface area contributed by atoms with E-state index in [9.17, 15) is 0 Å². The minimum absolute atomic E-state index is 0.503. The molecule has 12 heavy (non-hydrogen) atoms. The predicted molar refractivity (Wildman–Crippen MR) is 48.5 cm³/mol. The fourth-order valence-electron chi connectivity index (χ4n) is 0.712. The average molecular weight is 187 g/mol. The first-order valence-corrected chi connectivity index (χ1v) is 4.69. The molecule has 5 heteroatoms. The summed E-state index contributed by atoms with van der Waals surface area (Å²) in [5.41, 5.74) is 0. The van der Waals surface area contributed by atoms with E-state index < -0.39 is 0 Å². The molecule has 0 bridgehead atoms. The molecule has 0 aliphatic heterocycles. The lowest BCUT2D eigenvalue weighted by Gasteiger charge is -2.06. The summed E-state index contributed by atoms with van der Waals surface area (Å²) in [7, 11) is 0. The van der Waals surface area contributed by atoms with Crippen LogP contribution in [0.25, 0.3) is 0 Å². The van der Waals surface area contributed by atoms with E-state index in [4.69, 9.17) is 4.74 Å². The smallest absolute Gasteiger partial charge is 0.292 e. The van der Waals surface area contributed by atoms with Gasteiger partial charge in [0.25, 0.3) is 5.19 Å². The summed E-state index contributed by atoms with van der Waals surface area (Å²) in [5, 5.41) is 3.88. The monoisotopic (exact) mass is 187 g/mol. The van der Waals surface area contributed by atoms with E-state index in [1.54, 1.807) is 0 Å². The molecule has 1 aromatic heterocycles. The largest absolute Gasteiger partial charge is 0.468 e. The highest BCUT2D eigenvalue weighted by atomic mass is 32.1. The van der Waals surface area contributed by atoms with Crippen molar-refractivity contribution >= 4 is 11.5 Å². The minimum Gasteiger partial charge on any atom is -0.468 e. The molecular weight excluding hydrogens is 174 g/mol. The van der Waals surface area contributed by atoms with E-state index >= 15 is 0 Å². The van der Waals surface area contributed by atoms with Gasteiger partial charge in [0.1, 0.15) is 12.9 Å². The third kappa shape index (κ3) is 3.64. The van der Waals surface area contributed by atoms with Crippen molar-refractivity contribution in [1.82, 2.24) is 14.7 Å². The molecule has 4 nitrogen and oxygen atoms in total. The molecule has 0 atom stereocenters. The maximum Gasteiger partial charge on any atom is 0.292 e. The molecule has 0 fully saturated rings. The zero-order chi connectivity index (χ0) is 8.81. The van der Waals surface area contributed by atoms with E-state index in [0.29, 0.717) is 17.8 Å². The summed E-state index contributed by atoms with van der Waals surface area (Å²) in [6.07, 6.45) is 1.50. The lowest BCUT2D eigenvalue weighted by Crippen LogP contribution is -2.27. The molecule has 1 aromatic rings. The fraction of sp³-hybridized carbons (Fsp3) is 0.714. The van der Waals surface area contributed by atoms with Crippen LogP contribution in [0.3, 0.4) is 0 Å². The third-order valence-corrected chi connectivity index (χ3v) is 1.80. The lowest BCUT2D eigenvalue weighted by molar-refractivity contribution is 0.307. The Morgan fingerprint density at radius 3 is 3.08 bits per heavy atom. The van der Waals surface area contributed by atoms with Gasteiger partial charge in [-0.25, -0.2) is 0 Å². The van der Waals surface area contributed by atoms with E-state index in [1.165, 1.54) is 17.9 Å². The van der Waals surface area contributed by atoms with Gasteiger partial charge in [-0.3, -0.25) is 0 Å². The van der Waals surface area contributed by atoms with Crippen molar-refractivity contribution in [2.24, 2.45) is 0 Å². The maximum atomic E-state index is 5.28. The summed E-state index contributed by atoms with van der Waals surface area (Å²) >= 11 is 1.27. The van der Waals surface area contributed by atoms with Crippen LogP contribution in [-0.4, -0.2) is 28.6 Å². The number of hydrogen-bond acceptors (Lipinski definition) is 5. The molecule has 0 saturated heterocycles. The zero-order valence-electron chi connectivity index (χ0n) is 7.28. The Bertz CT molecular complexity index is 200. The minimum atomic E-state index is 0.503. The van der Waals surface area contributed by atoms with Gasteiger partial charge in [-0.05, 0) is 0 Å². The number of hydrogen-bond donors (Lipinski definition) is 1. The Balaban J connectivity index is 2.04. The number of rotatable bonds is 5. The van der Waals surface area contributed by atoms with Crippen LogP contribution in [0, 0.1) is 0 Å². The van der Waals surface area contributed by atoms with E-state index in [2.05, 4.69) is 28.5 Å². The molecule has 0 saturated carbocycles.